The molecular formula is C19H18F2N4O2. The molecule has 8 heteroatoms. The zero-order chi connectivity index (χ0) is 19.4. The third-order valence-corrected chi connectivity index (χ3v) is 4.10. The van der Waals surface area contributed by atoms with Crippen LogP contribution in [0.1, 0.15) is 24.1 Å². The van der Waals surface area contributed by atoms with Gasteiger partial charge in [0.2, 0.25) is 17.6 Å². The van der Waals surface area contributed by atoms with Crippen LogP contribution in [0.25, 0.3) is 0 Å². The average Bonchev–Trinajstić information content (AvgIpc) is 3.21. The van der Waals surface area contributed by atoms with E-state index >= 15 is 0 Å². The second-order valence-corrected chi connectivity index (χ2v) is 5.98. The van der Waals surface area contributed by atoms with Gasteiger partial charge in [0.05, 0.1) is 6.33 Å². The number of nitrogens with one attached hydrogen (secondary N) is 1. The predicted octanol–water partition coefficient (Wildman–Crippen LogP) is 3.53. The number of ether oxygens (including phenoxy) is 1. The van der Waals surface area contributed by atoms with Gasteiger partial charge in [0.1, 0.15) is 6.04 Å². The largest absolute Gasteiger partial charge is 0.435 e. The Bertz CT molecular complexity index is 945. The number of rotatable bonds is 6. The van der Waals surface area contributed by atoms with Crippen LogP contribution in [0.5, 0.6) is 11.6 Å². The fourth-order valence-electron chi connectivity index (χ4n) is 2.43. The number of benzene rings is 1. The summed E-state index contributed by atoms with van der Waals surface area (Å²) in [6, 6.07) is 5.67. The number of aryl methyl sites for hydroxylation is 1. The minimum Gasteiger partial charge on any atom is -0.435 e. The van der Waals surface area contributed by atoms with Gasteiger partial charge in [0, 0.05) is 30.7 Å². The van der Waals surface area contributed by atoms with Crippen LogP contribution in [-0.2, 0) is 11.3 Å². The number of imidazole rings is 1. The van der Waals surface area contributed by atoms with Gasteiger partial charge in [0.15, 0.2) is 11.6 Å². The first-order valence-corrected chi connectivity index (χ1v) is 8.29. The monoisotopic (exact) mass is 372 g/mol. The molecule has 0 bridgehead atoms. The Morgan fingerprint density at radius 3 is 2.81 bits per heavy atom. The smallest absolute Gasteiger partial charge is 0.243 e. The van der Waals surface area contributed by atoms with Crippen molar-refractivity contribution in [3.63, 3.8) is 0 Å². The molecule has 0 unspecified atom stereocenters. The van der Waals surface area contributed by atoms with E-state index in [0.717, 1.165) is 0 Å². The third kappa shape index (κ3) is 4.11. The van der Waals surface area contributed by atoms with E-state index in [0.29, 0.717) is 5.56 Å². The zero-order valence-corrected chi connectivity index (χ0v) is 14.8. The average molecular weight is 372 g/mol. The number of nitrogens with zero attached hydrogens (tertiary/aromatic N) is 3. The van der Waals surface area contributed by atoms with Crippen LogP contribution < -0.4 is 10.1 Å². The Kier molecular flexibility index (Phi) is 5.44. The summed E-state index contributed by atoms with van der Waals surface area (Å²) in [7, 11) is 0. The highest BCUT2D eigenvalue weighted by Crippen LogP contribution is 2.28. The highest BCUT2D eigenvalue weighted by molar-refractivity contribution is 5.79. The molecule has 2 heterocycles. The van der Waals surface area contributed by atoms with Crippen LogP contribution in [0.3, 0.4) is 0 Å². The Morgan fingerprint density at radius 1 is 1.26 bits per heavy atom. The van der Waals surface area contributed by atoms with Crippen LogP contribution in [-0.4, -0.2) is 20.4 Å². The lowest BCUT2D eigenvalue weighted by atomic mass is 10.2. The molecule has 0 aliphatic heterocycles. The number of carbonyl (C=O) groups excluding carboxylic acids is 1. The molecule has 0 spiro atoms. The molecule has 0 fully saturated rings. The summed E-state index contributed by atoms with van der Waals surface area (Å²) < 4.78 is 34.9. The van der Waals surface area contributed by atoms with Crippen molar-refractivity contribution in [1.29, 1.82) is 0 Å². The van der Waals surface area contributed by atoms with Crippen LogP contribution in [0.15, 0.2) is 49.2 Å². The topological polar surface area (TPSA) is 69.0 Å². The first kappa shape index (κ1) is 18.5. The lowest BCUT2D eigenvalue weighted by Crippen LogP contribution is -2.30. The van der Waals surface area contributed by atoms with Crippen molar-refractivity contribution >= 4 is 5.91 Å². The molecule has 27 heavy (non-hydrogen) atoms. The molecule has 0 radical (unpaired) electrons. The van der Waals surface area contributed by atoms with E-state index in [9.17, 15) is 13.6 Å². The Balaban J connectivity index is 1.73. The number of hydrogen-bond acceptors (Lipinski definition) is 4. The van der Waals surface area contributed by atoms with Crippen LogP contribution in [0, 0.1) is 18.6 Å². The number of carbonyl (C=O) groups is 1. The van der Waals surface area contributed by atoms with E-state index in [2.05, 4.69) is 15.3 Å². The number of pyridine rings is 1. The summed E-state index contributed by atoms with van der Waals surface area (Å²) in [5, 5.41) is 2.77. The Hall–Kier alpha value is -3.29. The highest BCUT2D eigenvalue weighted by atomic mass is 19.2. The molecule has 6 nitrogen and oxygen atoms in total. The number of halogens is 2. The quantitative estimate of drug-likeness (QED) is 0.719. The first-order chi connectivity index (χ1) is 13.0. The third-order valence-electron chi connectivity index (χ3n) is 4.10. The van der Waals surface area contributed by atoms with Crippen molar-refractivity contribution in [1.82, 2.24) is 19.9 Å². The Morgan fingerprint density at radius 2 is 2.07 bits per heavy atom. The number of aromatic nitrogens is 3. The van der Waals surface area contributed by atoms with E-state index in [1.165, 1.54) is 25.3 Å². The second kappa shape index (κ2) is 7.94. The fourth-order valence-corrected chi connectivity index (χ4v) is 2.43. The van der Waals surface area contributed by atoms with E-state index in [-0.39, 0.29) is 29.6 Å². The first-order valence-electron chi connectivity index (χ1n) is 8.29. The van der Waals surface area contributed by atoms with Crippen LogP contribution >= 0.6 is 0 Å². The summed E-state index contributed by atoms with van der Waals surface area (Å²) in [4.78, 5) is 20.3. The molecule has 0 saturated heterocycles. The molecular weight excluding hydrogens is 354 g/mol. The van der Waals surface area contributed by atoms with E-state index in [1.54, 1.807) is 42.3 Å². The van der Waals surface area contributed by atoms with Gasteiger partial charge in [-0.05, 0) is 31.5 Å². The second-order valence-electron chi connectivity index (χ2n) is 5.98. The van der Waals surface area contributed by atoms with Crippen molar-refractivity contribution in [2.24, 2.45) is 0 Å². The molecule has 1 aromatic carbocycles. The van der Waals surface area contributed by atoms with Crippen LogP contribution in [0.4, 0.5) is 8.78 Å². The lowest BCUT2D eigenvalue weighted by molar-refractivity contribution is -0.124. The molecule has 1 amide bonds. The predicted molar refractivity (Wildman–Crippen MR) is 94.2 cm³/mol. The molecule has 0 saturated carbocycles. The van der Waals surface area contributed by atoms with E-state index in [1.807, 2.05) is 0 Å². The van der Waals surface area contributed by atoms with Crippen molar-refractivity contribution in [3.05, 3.63) is 71.9 Å². The van der Waals surface area contributed by atoms with Gasteiger partial charge in [-0.15, -0.1) is 0 Å². The molecule has 0 aliphatic carbocycles. The van der Waals surface area contributed by atoms with Gasteiger partial charge in [-0.2, -0.15) is 4.39 Å². The number of hydrogen-bond donors (Lipinski definition) is 1. The van der Waals surface area contributed by atoms with Gasteiger partial charge in [-0.3, -0.25) is 4.79 Å². The van der Waals surface area contributed by atoms with Gasteiger partial charge >= 0.3 is 0 Å². The summed E-state index contributed by atoms with van der Waals surface area (Å²) >= 11 is 0. The summed E-state index contributed by atoms with van der Waals surface area (Å²) in [6.45, 7) is 3.32. The van der Waals surface area contributed by atoms with Crippen molar-refractivity contribution in [2.45, 2.75) is 26.4 Å². The maximum absolute atomic E-state index is 14.1. The van der Waals surface area contributed by atoms with Gasteiger partial charge < -0.3 is 14.6 Å². The molecule has 3 rings (SSSR count). The Labute approximate surface area is 154 Å². The van der Waals surface area contributed by atoms with Gasteiger partial charge in [0.25, 0.3) is 0 Å². The number of amides is 1. The van der Waals surface area contributed by atoms with Gasteiger partial charge in [-0.1, -0.05) is 12.1 Å². The minimum absolute atomic E-state index is 0.0928. The molecule has 2 aromatic heterocycles. The van der Waals surface area contributed by atoms with Crippen LogP contribution in [0.2, 0.25) is 0 Å². The molecule has 140 valence electrons. The lowest BCUT2D eigenvalue weighted by Gasteiger charge is -2.15. The van der Waals surface area contributed by atoms with E-state index in [4.69, 9.17) is 4.74 Å². The zero-order valence-electron chi connectivity index (χ0n) is 14.8. The van der Waals surface area contributed by atoms with E-state index < -0.39 is 17.7 Å². The molecule has 0 aliphatic rings. The van der Waals surface area contributed by atoms with Crippen molar-refractivity contribution in [3.8, 4) is 11.6 Å². The normalized spacial score (nSPS) is 11.9. The van der Waals surface area contributed by atoms with Gasteiger partial charge in [-0.25, -0.2) is 14.4 Å². The molecule has 1 N–H and O–H groups in total. The molecule has 3 aromatic rings. The maximum atomic E-state index is 14.1. The highest BCUT2D eigenvalue weighted by Gasteiger charge is 2.17. The summed E-state index contributed by atoms with van der Waals surface area (Å²) in [6.07, 6.45) is 6.30. The molecule has 1 atom stereocenters. The maximum Gasteiger partial charge on any atom is 0.243 e. The summed E-state index contributed by atoms with van der Waals surface area (Å²) in [5.41, 5.74) is 0.714. The summed E-state index contributed by atoms with van der Waals surface area (Å²) in [5.74, 6) is -2.45. The van der Waals surface area contributed by atoms with Crippen molar-refractivity contribution < 1.29 is 18.3 Å². The fraction of sp³-hybridized carbons (Fsp3) is 0.211. The minimum atomic E-state index is -1.08. The SMILES string of the molecule is Cc1ccc(Oc2ncccc2CNC(=O)[C@@H](C)n2ccnc2)c(F)c1F. The standard InChI is InChI=1S/C19H18F2N4O2/c1-12-5-6-15(17(21)16(12)20)27-19-14(4-3-7-23-19)10-24-18(26)13(2)25-9-8-22-11-25/h3-9,11,13H,10H2,1-2H3,(H,24,26)/t13-/m1/s1. The van der Waals surface area contributed by atoms with Crippen molar-refractivity contribution in [2.75, 3.05) is 0 Å².